The van der Waals surface area contributed by atoms with E-state index in [9.17, 15) is 0 Å². The van der Waals surface area contributed by atoms with Crippen LogP contribution in [-0.2, 0) is 13.0 Å². The van der Waals surface area contributed by atoms with Gasteiger partial charge in [-0.1, -0.05) is 31.5 Å². The highest BCUT2D eigenvalue weighted by Crippen LogP contribution is 2.25. The molecule has 0 saturated heterocycles. The van der Waals surface area contributed by atoms with Crippen LogP contribution < -0.4 is 0 Å². The molecule has 0 bridgehead atoms. The molecule has 2 aromatic rings. The predicted molar refractivity (Wildman–Crippen MR) is 91.6 cm³/mol. The molecule has 0 saturated carbocycles. The summed E-state index contributed by atoms with van der Waals surface area (Å²) in [5.41, 5.74) is 2.00. The number of para-hydroxylation sites is 1. The number of fused-ring (bicyclic) bond motifs is 1. The van der Waals surface area contributed by atoms with E-state index in [1.54, 1.807) is 0 Å². The van der Waals surface area contributed by atoms with E-state index in [-0.39, 0.29) is 0 Å². The maximum absolute atomic E-state index is 6.37. The van der Waals surface area contributed by atoms with Crippen molar-refractivity contribution in [1.82, 2.24) is 14.5 Å². The second-order valence-corrected chi connectivity index (χ2v) is 5.89. The summed E-state index contributed by atoms with van der Waals surface area (Å²) in [6.45, 7) is 8.62. The van der Waals surface area contributed by atoms with E-state index in [1.165, 1.54) is 0 Å². The van der Waals surface area contributed by atoms with Crippen LogP contribution >= 0.6 is 23.2 Å². The molecule has 0 aliphatic heterocycles. The van der Waals surface area contributed by atoms with E-state index in [0.29, 0.717) is 5.88 Å². The largest absolute Gasteiger partial charge is 0.327 e. The zero-order valence-electron chi connectivity index (χ0n) is 12.8. The second kappa shape index (κ2) is 8.02. The minimum atomic E-state index is 0.580. The van der Waals surface area contributed by atoms with Crippen molar-refractivity contribution in [1.29, 1.82) is 0 Å². The summed E-state index contributed by atoms with van der Waals surface area (Å²) in [5.74, 6) is 1.62. The Hall–Kier alpha value is -0.770. The third-order valence-electron chi connectivity index (χ3n) is 3.87. The fourth-order valence-corrected chi connectivity index (χ4v) is 3.14. The smallest absolute Gasteiger partial charge is 0.111 e. The SMILES string of the molecule is CCN(CC)CCCn1c(CCCl)nc2cccc(Cl)c21. The van der Waals surface area contributed by atoms with Gasteiger partial charge in [-0.15, -0.1) is 11.6 Å². The van der Waals surface area contributed by atoms with Crippen molar-refractivity contribution in [3.05, 3.63) is 29.0 Å². The monoisotopic (exact) mass is 327 g/mol. The summed E-state index contributed by atoms with van der Waals surface area (Å²) >= 11 is 12.3. The number of hydrogen-bond donors (Lipinski definition) is 0. The van der Waals surface area contributed by atoms with Gasteiger partial charge in [0.2, 0.25) is 0 Å². The van der Waals surface area contributed by atoms with Crippen LogP contribution in [0.25, 0.3) is 11.0 Å². The molecule has 5 heteroatoms. The standard InChI is InChI=1S/C16H23Cl2N3/c1-3-20(4-2)11-6-12-21-15(9-10-17)19-14-8-5-7-13(18)16(14)21/h5,7-8H,3-4,6,9-12H2,1-2H3. The van der Waals surface area contributed by atoms with E-state index < -0.39 is 0 Å². The van der Waals surface area contributed by atoms with Gasteiger partial charge in [0.05, 0.1) is 16.1 Å². The van der Waals surface area contributed by atoms with Crippen LogP contribution in [0.4, 0.5) is 0 Å². The molecule has 0 amide bonds. The number of benzene rings is 1. The minimum absolute atomic E-state index is 0.580. The van der Waals surface area contributed by atoms with Crippen LogP contribution in [-0.4, -0.2) is 40.0 Å². The number of imidazole rings is 1. The summed E-state index contributed by atoms with van der Waals surface area (Å²) in [6, 6.07) is 5.89. The quantitative estimate of drug-likeness (QED) is 0.677. The highest BCUT2D eigenvalue weighted by atomic mass is 35.5. The van der Waals surface area contributed by atoms with Gasteiger partial charge in [0.1, 0.15) is 5.82 Å². The molecule has 2 rings (SSSR count). The van der Waals surface area contributed by atoms with Crippen molar-refractivity contribution < 1.29 is 0 Å². The first kappa shape index (κ1) is 16.6. The summed E-state index contributed by atoms with van der Waals surface area (Å²) < 4.78 is 2.24. The lowest BCUT2D eigenvalue weighted by molar-refractivity contribution is 0.293. The van der Waals surface area contributed by atoms with Crippen LogP contribution in [0.3, 0.4) is 0 Å². The first-order chi connectivity index (χ1) is 10.2. The van der Waals surface area contributed by atoms with Gasteiger partial charge in [0.15, 0.2) is 0 Å². The molecule has 0 spiro atoms. The third-order valence-corrected chi connectivity index (χ3v) is 4.36. The third kappa shape index (κ3) is 3.91. The molecule has 0 N–H and O–H groups in total. The van der Waals surface area contributed by atoms with Gasteiger partial charge in [0, 0.05) is 18.8 Å². The van der Waals surface area contributed by atoms with Crippen LogP contribution in [0.1, 0.15) is 26.1 Å². The highest BCUT2D eigenvalue weighted by molar-refractivity contribution is 6.35. The highest BCUT2D eigenvalue weighted by Gasteiger charge is 2.13. The summed E-state index contributed by atoms with van der Waals surface area (Å²) in [6.07, 6.45) is 1.87. The van der Waals surface area contributed by atoms with Gasteiger partial charge in [-0.25, -0.2) is 4.98 Å². The van der Waals surface area contributed by atoms with Crippen LogP contribution in [0.2, 0.25) is 5.02 Å². The van der Waals surface area contributed by atoms with E-state index in [4.69, 9.17) is 23.2 Å². The summed E-state index contributed by atoms with van der Waals surface area (Å²) in [7, 11) is 0. The van der Waals surface area contributed by atoms with Crippen molar-refractivity contribution in [2.75, 3.05) is 25.5 Å². The number of aryl methyl sites for hydroxylation is 2. The van der Waals surface area contributed by atoms with Crippen LogP contribution in [0, 0.1) is 0 Å². The normalized spacial score (nSPS) is 11.7. The molecule has 0 fully saturated rings. The van der Waals surface area contributed by atoms with Gasteiger partial charge in [-0.3, -0.25) is 0 Å². The van der Waals surface area contributed by atoms with E-state index in [1.807, 2.05) is 18.2 Å². The molecule has 0 aliphatic rings. The Labute approximate surface area is 136 Å². The molecule has 3 nitrogen and oxygen atoms in total. The Morgan fingerprint density at radius 2 is 2.00 bits per heavy atom. The zero-order valence-corrected chi connectivity index (χ0v) is 14.3. The van der Waals surface area contributed by atoms with Crippen LogP contribution in [0.15, 0.2) is 18.2 Å². The Kier molecular flexibility index (Phi) is 6.34. The number of hydrogen-bond acceptors (Lipinski definition) is 2. The van der Waals surface area contributed by atoms with E-state index in [2.05, 4.69) is 28.3 Å². The number of halogens is 2. The fraction of sp³-hybridized carbons (Fsp3) is 0.562. The second-order valence-electron chi connectivity index (χ2n) is 5.11. The minimum Gasteiger partial charge on any atom is -0.327 e. The molecule has 1 heterocycles. The fourth-order valence-electron chi connectivity index (χ4n) is 2.70. The number of nitrogens with zero attached hydrogens (tertiary/aromatic N) is 3. The lowest BCUT2D eigenvalue weighted by Gasteiger charge is -2.18. The van der Waals surface area contributed by atoms with Gasteiger partial charge in [0.25, 0.3) is 0 Å². The molecule has 0 unspecified atom stereocenters. The molecule has 21 heavy (non-hydrogen) atoms. The Balaban J connectivity index is 2.21. The molecule has 116 valence electrons. The van der Waals surface area contributed by atoms with Crippen molar-refractivity contribution in [3.63, 3.8) is 0 Å². The summed E-state index contributed by atoms with van der Waals surface area (Å²) in [5, 5.41) is 0.767. The molecule has 0 aliphatic carbocycles. The molecular weight excluding hydrogens is 305 g/mol. The molecule has 0 radical (unpaired) electrons. The first-order valence-corrected chi connectivity index (χ1v) is 8.54. The Morgan fingerprint density at radius 1 is 1.24 bits per heavy atom. The van der Waals surface area contributed by atoms with E-state index >= 15 is 0 Å². The average Bonchev–Trinajstić information content (AvgIpc) is 2.83. The number of rotatable bonds is 8. The average molecular weight is 328 g/mol. The summed E-state index contributed by atoms with van der Waals surface area (Å²) in [4.78, 5) is 7.11. The van der Waals surface area contributed by atoms with Crippen molar-refractivity contribution in [2.24, 2.45) is 0 Å². The lowest BCUT2D eigenvalue weighted by atomic mass is 10.3. The Morgan fingerprint density at radius 3 is 2.67 bits per heavy atom. The Bertz CT molecular complexity index is 576. The van der Waals surface area contributed by atoms with Gasteiger partial charge in [-0.05, 0) is 38.2 Å². The molecule has 1 aromatic heterocycles. The van der Waals surface area contributed by atoms with E-state index in [0.717, 1.165) is 60.9 Å². The van der Waals surface area contributed by atoms with Crippen molar-refractivity contribution in [2.45, 2.75) is 33.2 Å². The maximum Gasteiger partial charge on any atom is 0.111 e. The van der Waals surface area contributed by atoms with Crippen molar-refractivity contribution in [3.8, 4) is 0 Å². The number of aromatic nitrogens is 2. The first-order valence-electron chi connectivity index (χ1n) is 7.63. The lowest BCUT2D eigenvalue weighted by Crippen LogP contribution is -2.25. The van der Waals surface area contributed by atoms with Crippen molar-refractivity contribution >= 4 is 34.2 Å². The number of alkyl halides is 1. The van der Waals surface area contributed by atoms with Gasteiger partial charge < -0.3 is 9.47 Å². The predicted octanol–water partition coefficient (Wildman–Crippen LogP) is 4.20. The zero-order chi connectivity index (χ0) is 15.2. The maximum atomic E-state index is 6.37. The van der Waals surface area contributed by atoms with Crippen LogP contribution in [0.5, 0.6) is 0 Å². The molecule has 0 atom stereocenters. The molecular formula is C16H23Cl2N3. The van der Waals surface area contributed by atoms with Gasteiger partial charge >= 0.3 is 0 Å². The van der Waals surface area contributed by atoms with Gasteiger partial charge in [-0.2, -0.15) is 0 Å². The topological polar surface area (TPSA) is 21.1 Å². The molecule has 1 aromatic carbocycles.